The minimum atomic E-state index is 0.540. The van der Waals surface area contributed by atoms with Crippen molar-refractivity contribution in [1.29, 1.82) is 0 Å². The highest BCUT2D eigenvalue weighted by Crippen LogP contribution is 2.44. The van der Waals surface area contributed by atoms with Crippen molar-refractivity contribution in [2.45, 2.75) is 0 Å². The molecule has 15 aromatic rings. The highest BCUT2D eigenvalue weighted by molar-refractivity contribution is 6.24. The predicted molar refractivity (Wildman–Crippen MR) is 288 cm³/mol. The zero-order valence-electron chi connectivity index (χ0n) is 37.6. The molecule has 0 fully saturated rings. The standard InChI is InChI=1S/C63H39N7/c1-4-19-40(20-5-1)61-64-62(51-30-18-29-48-46-27-12-16-33-55(46)68(58(48)51)41-21-6-2-7-22-41)66-63(65-61)70-56-34-17-13-28-47(56)49-36-37-50-52-39-43(67-53-31-14-10-25-44(53)45-26-11-15-32-54(45)67)35-38-57(52)69(59(50)60(49)70)42-23-8-3-9-24-42/h1-39H. The third kappa shape index (κ3) is 5.54. The first-order valence-electron chi connectivity index (χ1n) is 23.7. The summed E-state index contributed by atoms with van der Waals surface area (Å²) >= 11 is 0. The molecule has 5 heterocycles. The molecule has 7 heteroatoms. The fraction of sp³-hybridized carbons (Fsp3) is 0. The van der Waals surface area contributed by atoms with Gasteiger partial charge in [-0.1, -0.05) is 164 Å². The van der Waals surface area contributed by atoms with Crippen molar-refractivity contribution in [3.63, 3.8) is 0 Å². The van der Waals surface area contributed by atoms with Gasteiger partial charge in [0, 0.05) is 71.3 Å². The Morgan fingerprint density at radius 2 is 0.671 bits per heavy atom. The number of fused-ring (bicyclic) bond motifs is 13. The molecule has 0 saturated heterocycles. The van der Waals surface area contributed by atoms with Crippen LogP contribution in [0.1, 0.15) is 0 Å². The molecular weight excluding hydrogens is 855 g/mol. The van der Waals surface area contributed by atoms with E-state index in [-0.39, 0.29) is 0 Å². The van der Waals surface area contributed by atoms with Crippen molar-refractivity contribution in [1.82, 2.24) is 33.2 Å². The topological polar surface area (TPSA) is 58.4 Å². The van der Waals surface area contributed by atoms with Gasteiger partial charge in [0.1, 0.15) is 0 Å². The Labute approximate surface area is 401 Å². The second-order valence-electron chi connectivity index (χ2n) is 18.0. The maximum Gasteiger partial charge on any atom is 0.238 e. The first-order valence-corrected chi connectivity index (χ1v) is 23.7. The molecule has 70 heavy (non-hydrogen) atoms. The second kappa shape index (κ2) is 15.0. The van der Waals surface area contributed by atoms with Gasteiger partial charge in [-0.2, -0.15) is 9.97 Å². The first-order chi connectivity index (χ1) is 34.8. The van der Waals surface area contributed by atoms with Crippen molar-refractivity contribution in [3.05, 3.63) is 237 Å². The fourth-order valence-electron chi connectivity index (χ4n) is 11.3. The van der Waals surface area contributed by atoms with E-state index in [1.165, 1.54) is 27.2 Å². The highest BCUT2D eigenvalue weighted by Gasteiger charge is 2.26. The Bertz CT molecular complexity index is 4520. The number of hydrogen-bond donors (Lipinski definition) is 0. The zero-order chi connectivity index (χ0) is 45.9. The van der Waals surface area contributed by atoms with Crippen LogP contribution in [0, 0.1) is 0 Å². The number of nitrogens with zero attached hydrogens (tertiary/aromatic N) is 7. The molecule has 0 aliphatic rings. The van der Waals surface area contributed by atoms with Crippen LogP contribution in [0.15, 0.2) is 237 Å². The lowest BCUT2D eigenvalue weighted by Gasteiger charge is -2.14. The molecule has 0 radical (unpaired) electrons. The van der Waals surface area contributed by atoms with Crippen molar-refractivity contribution < 1.29 is 0 Å². The average molecular weight is 894 g/mol. The van der Waals surface area contributed by atoms with Crippen LogP contribution >= 0.6 is 0 Å². The van der Waals surface area contributed by atoms with Crippen LogP contribution in [0.25, 0.3) is 133 Å². The van der Waals surface area contributed by atoms with E-state index in [1.54, 1.807) is 0 Å². The minimum absolute atomic E-state index is 0.540. The molecule has 0 N–H and O–H groups in total. The molecule has 326 valence electrons. The number of rotatable bonds is 6. The van der Waals surface area contributed by atoms with Crippen LogP contribution in [0.5, 0.6) is 0 Å². The van der Waals surface area contributed by atoms with E-state index in [0.717, 1.165) is 88.2 Å². The van der Waals surface area contributed by atoms with Gasteiger partial charge in [0.2, 0.25) is 5.95 Å². The molecule has 10 aromatic carbocycles. The molecule has 0 aliphatic heterocycles. The molecule has 5 aromatic heterocycles. The quantitative estimate of drug-likeness (QED) is 0.167. The lowest BCUT2D eigenvalue weighted by atomic mass is 10.1. The molecule has 0 spiro atoms. The molecule has 0 saturated carbocycles. The van der Waals surface area contributed by atoms with E-state index >= 15 is 0 Å². The summed E-state index contributed by atoms with van der Waals surface area (Å²) in [5.74, 6) is 1.72. The molecule has 15 rings (SSSR count). The van der Waals surface area contributed by atoms with E-state index in [0.29, 0.717) is 17.6 Å². The van der Waals surface area contributed by atoms with Gasteiger partial charge >= 0.3 is 0 Å². The Balaban J connectivity index is 1.07. The van der Waals surface area contributed by atoms with Gasteiger partial charge < -0.3 is 13.7 Å². The minimum Gasteiger partial charge on any atom is -0.309 e. The van der Waals surface area contributed by atoms with Gasteiger partial charge in [0.25, 0.3) is 0 Å². The van der Waals surface area contributed by atoms with Crippen LogP contribution in [0.2, 0.25) is 0 Å². The third-order valence-electron chi connectivity index (χ3n) is 14.2. The number of aromatic nitrogens is 7. The number of benzene rings is 10. The fourth-order valence-corrected chi connectivity index (χ4v) is 11.3. The summed E-state index contributed by atoms with van der Waals surface area (Å²) in [5.41, 5.74) is 13.8. The van der Waals surface area contributed by atoms with Gasteiger partial charge in [-0.25, -0.2) is 4.98 Å². The van der Waals surface area contributed by atoms with Crippen LogP contribution < -0.4 is 0 Å². The monoisotopic (exact) mass is 893 g/mol. The molecule has 0 amide bonds. The van der Waals surface area contributed by atoms with Crippen molar-refractivity contribution >= 4 is 87.2 Å². The summed E-state index contributed by atoms with van der Waals surface area (Å²) < 4.78 is 9.46. The van der Waals surface area contributed by atoms with Crippen LogP contribution in [-0.2, 0) is 0 Å². The summed E-state index contributed by atoms with van der Waals surface area (Å²) in [5, 5.41) is 9.28. The van der Waals surface area contributed by atoms with E-state index < -0.39 is 0 Å². The Kier molecular flexibility index (Phi) is 8.23. The first kappa shape index (κ1) is 38.5. The zero-order valence-corrected chi connectivity index (χ0v) is 37.6. The summed E-state index contributed by atoms with van der Waals surface area (Å²) in [7, 11) is 0. The smallest absolute Gasteiger partial charge is 0.238 e. The maximum absolute atomic E-state index is 5.61. The lowest BCUT2D eigenvalue weighted by molar-refractivity contribution is 0.953. The summed E-state index contributed by atoms with van der Waals surface area (Å²) in [6, 6.07) is 84.3. The lowest BCUT2D eigenvalue weighted by Crippen LogP contribution is -2.07. The Hall–Kier alpha value is -9.59. The van der Waals surface area contributed by atoms with Crippen LogP contribution in [0.3, 0.4) is 0 Å². The highest BCUT2D eigenvalue weighted by atomic mass is 15.2. The number of para-hydroxylation sites is 7. The molecular formula is C63H39N7. The Morgan fingerprint density at radius 3 is 1.29 bits per heavy atom. The van der Waals surface area contributed by atoms with E-state index in [1.807, 2.05) is 18.2 Å². The van der Waals surface area contributed by atoms with Gasteiger partial charge in [-0.05, 0) is 72.8 Å². The summed E-state index contributed by atoms with van der Waals surface area (Å²) in [4.78, 5) is 16.5. The average Bonchev–Trinajstić information content (AvgIpc) is 4.17. The van der Waals surface area contributed by atoms with E-state index in [9.17, 15) is 0 Å². The third-order valence-corrected chi connectivity index (χ3v) is 14.2. The largest absolute Gasteiger partial charge is 0.309 e. The van der Waals surface area contributed by atoms with Gasteiger partial charge in [0.15, 0.2) is 11.6 Å². The summed E-state index contributed by atoms with van der Waals surface area (Å²) in [6.07, 6.45) is 0. The second-order valence-corrected chi connectivity index (χ2v) is 18.0. The van der Waals surface area contributed by atoms with E-state index in [4.69, 9.17) is 15.0 Å². The normalized spacial score (nSPS) is 12.0. The SMILES string of the molecule is c1ccc(-c2nc(-c3cccc4c5ccccc5n(-c5ccccc5)c34)nc(-n3c4ccccc4c4ccc5c6cc(-n7c8ccccc8c8ccccc87)ccc6n(-c6ccccc6)c5c43)n2)cc1. The molecule has 0 bridgehead atoms. The van der Waals surface area contributed by atoms with E-state index in [2.05, 4.69) is 237 Å². The maximum atomic E-state index is 5.61. The van der Waals surface area contributed by atoms with Gasteiger partial charge in [-0.3, -0.25) is 4.57 Å². The summed E-state index contributed by atoms with van der Waals surface area (Å²) in [6.45, 7) is 0. The molecule has 0 unspecified atom stereocenters. The number of hydrogen-bond acceptors (Lipinski definition) is 3. The Morgan fingerprint density at radius 1 is 0.243 bits per heavy atom. The van der Waals surface area contributed by atoms with Crippen LogP contribution in [-0.4, -0.2) is 33.2 Å². The molecule has 0 aliphatic carbocycles. The molecule has 7 nitrogen and oxygen atoms in total. The molecule has 0 atom stereocenters. The van der Waals surface area contributed by atoms with Crippen molar-refractivity contribution in [2.24, 2.45) is 0 Å². The van der Waals surface area contributed by atoms with Crippen molar-refractivity contribution in [2.75, 3.05) is 0 Å². The van der Waals surface area contributed by atoms with Crippen LogP contribution in [0.4, 0.5) is 0 Å². The predicted octanol–water partition coefficient (Wildman–Crippen LogP) is 15.6. The van der Waals surface area contributed by atoms with Crippen molar-refractivity contribution in [3.8, 4) is 45.8 Å². The van der Waals surface area contributed by atoms with Gasteiger partial charge in [0.05, 0.1) is 44.1 Å². The van der Waals surface area contributed by atoms with Gasteiger partial charge in [-0.15, -0.1) is 0 Å².